The molecule has 1 aromatic heterocycles. The number of nitrogens with one attached hydrogen (secondary N) is 2. The summed E-state index contributed by atoms with van der Waals surface area (Å²) in [6.45, 7) is 3.17. The SMILES string of the molecule is CC(=O)N/C(=C/c1ccccc1)C(=O)OCc1csc(CC(=O)Nc2ccccc2C)n1. The first kappa shape index (κ1) is 22.9. The smallest absolute Gasteiger partial charge is 0.355 e. The summed E-state index contributed by atoms with van der Waals surface area (Å²) in [6.07, 6.45) is 1.67. The molecule has 32 heavy (non-hydrogen) atoms. The summed E-state index contributed by atoms with van der Waals surface area (Å²) in [6, 6.07) is 16.7. The van der Waals surface area contributed by atoms with Crippen molar-refractivity contribution in [3.05, 3.63) is 87.5 Å². The number of carbonyl (C=O) groups is 3. The zero-order valence-corrected chi connectivity index (χ0v) is 18.6. The van der Waals surface area contributed by atoms with E-state index in [2.05, 4.69) is 15.6 Å². The molecule has 0 aliphatic carbocycles. The van der Waals surface area contributed by atoms with Crippen molar-refractivity contribution in [1.82, 2.24) is 10.3 Å². The lowest BCUT2D eigenvalue weighted by atomic mass is 10.2. The molecule has 0 spiro atoms. The predicted octanol–water partition coefficient (Wildman–Crippen LogP) is 3.85. The van der Waals surface area contributed by atoms with Gasteiger partial charge in [0.15, 0.2) is 0 Å². The molecule has 7 nitrogen and oxygen atoms in total. The fourth-order valence-electron chi connectivity index (χ4n) is 2.81. The van der Waals surface area contributed by atoms with Crippen molar-refractivity contribution in [2.75, 3.05) is 5.32 Å². The van der Waals surface area contributed by atoms with Gasteiger partial charge in [-0.2, -0.15) is 0 Å². The highest BCUT2D eigenvalue weighted by Crippen LogP contribution is 2.16. The first-order chi connectivity index (χ1) is 15.4. The summed E-state index contributed by atoms with van der Waals surface area (Å²) >= 11 is 1.32. The maximum Gasteiger partial charge on any atom is 0.355 e. The van der Waals surface area contributed by atoms with Crippen LogP contribution in [0.3, 0.4) is 0 Å². The molecule has 2 aromatic carbocycles. The quantitative estimate of drug-likeness (QED) is 0.402. The van der Waals surface area contributed by atoms with E-state index < -0.39 is 5.97 Å². The van der Waals surface area contributed by atoms with Crippen LogP contribution in [0.5, 0.6) is 0 Å². The van der Waals surface area contributed by atoms with E-state index >= 15 is 0 Å². The Labute approximate surface area is 190 Å². The van der Waals surface area contributed by atoms with Gasteiger partial charge >= 0.3 is 5.97 Å². The number of aryl methyl sites for hydroxylation is 1. The Balaban J connectivity index is 1.58. The number of nitrogens with zero attached hydrogens (tertiary/aromatic N) is 1. The van der Waals surface area contributed by atoms with Gasteiger partial charge in [0.2, 0.25) is 11.8 Å². The van der Waals surface area contributed by atoms with Gasteiger partial charge in [0, 0.05) is 18.0 Å². The molecule has 1 heterocycles. The van der Waals surface area contributed by atoms with Gasteiger partial charge < -0.3 is 15.4 Å². The number of benzene rings is 2. The number of esters is 1. The number of amides is 2. The average molecular weight is 450 g/mol. The van der Waals surface area contributed by atoms with Crippen molar-refractivity contribution in [1.29, 1.82) is 0 Å². The molecule has 3 aromatic rings. The Kier molecular flexibility index (Phi) is 7.88. The van der Waals surface area contributed by atoms with E-state index in [1.807, 2.05) is 61.5 Å². The van der Waals surface area contributed by atoms with Gasteiger partial charge in [-0.05, 0) is 30.2 Å². The van der Waals surface area contributed by atoms with Crippen molar-refractivity contribution in [3.63, 3.8) is 0 Å². The molecule has 0 aliphatic rings. The normalized spacial score (nSPS) is 11.0. The van der Waals surface area contributed by atoms with E-state index in [1.54, 1.807) is 11.5 Å². The molecule has 0 atom stereocenters. The summed E-state index contributed by atoms with van der Waals surface area (Å²) < 4.78 is 5.31. The minimum absolute atomic E-state index is 0.0387. The molecule has 2 N–H and O–H groups in total. The molecule has 2 amide bonds. The zero-order chi connectivity index (χ0) is 22.9. The highest BCUT2D eigenvalue weighted by Gasteiger charge is 2.15. The molecular weight excluding hydrogens is 426 g/mol. The predicted molar refractivity (Wildman–Crippen MR) is 124 cm³/mol. The van der Waals surface area contributed by atoms with Crippen LogP contribution < -0.4 is 10.6 Å². The van der Waals surface area contributed by atoms with Gasteiger partial charge in [-0.25, -0.2) is 9.78 Å². The number of hydrogen-bond acceptors (Lipinski definition) is 6. The maximum atomic E-state index is 12.5. The second-order valence-electron chi connectivity index (χ2n) is 7.00. The Morgan fingerprint density at radius 1 is 1.06 bits per heavy atom. The lowest BCUT2D eigenvalue weighted by Crippen LogP contribution is -2.26. The standard InChI is InChI=1S/C24H23N3O4S/c1-16-8-6-7-11-20(16)27-22(29)13-23-26-19(15-32-23)14-31-24(30)21(25-17(2)28)12-18-9-4-3-5-10-18/h3-12,15H,13-14H2,1-2H3,(H,25,28)(H,27,29)/b21-12+. The second-order valence-corrected chi connectivity index (χ2v) is 7.94. The maximum absolute atomic E-state index is 12.5. The fourth-order valence-corrected chi connectivity index (χ4v) is 3.59. The molecule has 0 aliphatic heterocycles. The van der Waals surface area contributed by atoms with Crippen LogP contribution in [0.4, 0.5) is 5.69 Å². The van der Waals surface area contributed by atoms with E-state index in [1.165, 1.54) is 18.3 Å². The number of aromatic nitrogens is 1. The van der Waals surface area contributed by atoms with Crippen molar-refractivity contribution in [3.8, 4) is 0 Å². The molecule has 0 unspecified atom stereocenters. The second kappa shape index (κ2) is 11.0. The Hall–Kier alpha value is -3.78. The van der Waals surface area contributed by atoms with Crippen molar-refractivity contribution < 1.29 is 19.1 Å². The molecule has 0 bridgehead atoms. The summed E-state index contributed by atoms with van der Waals surface area (Å²) in [5.74, 6) is -1.22. The number of carbonyl (C=O) groups excluding carboxylic acids is 3. The first-order valence-corrected chi connectivity index (χ1v) is 10.8. The Morgan fingerprint density at radius 2 is 1.78 bits per heavy atom. The number of hydrogen-bond donors (Lipinski definition) is 2. The van der Waals surface area contributed by atoms with Gasteiger partial charge in [0.25, 0.3) is 0 Å². The summed E-state index contributed by atoms with van der Waals surface area (Å²) in [4.78, 5) is 40.6. The third-order valence-electron chi connectivity index (χ3n) is 4.32. The van der Waals surface area contributed by atoms with Crippen LogP contribution in [0.1, 0.15) is 28.8 Å². The van der Waals surface area contributed by atoms with E-state index in [4.69, 9.17) is 4.74 Å². The molecule has 8 heteroatoms. The summed E-state index contributed by atoms with van der Waals surface area (Å²) in [7, 11) is 0. The van der Waals surface area contributed by atoms with Crippen LogP contribution in [-0.4, -0.2) is 22.8 Å². The Bertz CT molecular complexity index is 1140. The van der Waals surface area contributed by atoms with Crippen LogP contribution in [-0.2, 0) is 32.1 Å². The van der Waals surface area contributed by atoms with Crippen LogP contribution >= 0.6 is 11.3 Å². The third-order valence-corrected chi connectivity index (χ3v) is 5.22. The van der Waals surface area contributed by atoms with Crippen molar-refractivity contribution >= 4 is 40.9 Å². The molecule has 164 valence electrons. The van der Waals surface area contributed by atoms with E-state index in [9.17, 15) is 14.4 Å². The third kappa shape index (κ3) is 6.88. The first-order valence-electron chi connectivity index (χ1n) is 9.91. The number of thiazole rings is 1. The highest BCUT2D eigenvalue weighted by molar-refractivity contribution is 7.09. The number of para-hydroxylation sites is 1. The number of anilines is 1. The topological polar surface area (TPSA) is 97.4 Å². The van der Waals surface area contributed by atoms with Gasteiger partial charge in [-0.3, -0.25) is 9.59 Å². The minimum Gasteiger partial charge on any atom is -0.454 e. The average Bonchev–Trinajstić information content (AvgIpc) is 3.20. The largest absolute Gasteiger partial charge is 0.454 e. The summed E-state index contributed by atoms with van der Waals surface area (Å²) in [5.41, 5.74) is 3.06. The molecule has 0 radical (unpaired) electrons. The Morgan fingerprint density at radius 3 is 2.50 bits per heavy atom. The zero-order valence-electron chi connectivity index (χ0n) is 17.8. The number of rotatable bonds is 8. The van der Waals surface area contributed by atoms with Crippen molar-refractivity contribution in [2.45, 2.75) is 26.9 Å². The van der Waals surface area contributed by atoms with E-state index in [0.717, 1.165) is 16.8 Å². The van der Waals surface area contributed by atoms with Crippen molar-refractivity contribution in [2.24, 2.45) is 0 Å². The lowest BCUT2D eigenvalue weighted by molar-refractivity contribution is -0.141. The van der Waals surface area contributed by atoms with Crippen LogP contribution in [0.15, 0.2) is 65.7 Å². The van der Waals surface area contributed by atoms with Crippen LogP contribution in [0.2, 0.25) is 0 Å². The minimum atomic E-state index is -0.670. The van der Waals surface area contributed by atoms with Crippen LogP contribution in [0.25, 0.3) is 6.08 Å². The monoisotopic (exact) mass is 449 g/mol. The summed E-state index contributed by atoms with van der Waals surface area (Å²) in [5, 5.41) is 7.72. The molecular formula is C24H23N3O4S. The molecule has 3 rings (SSSR count). The van der Waals surface area contributed by atoms with Gasteiger partial charge in [0.1, 0.15) is 17.3 Å². The lowest BCUT2D eigenvalue weighted by Gasteiger charge is -2.08. The molecule has 0 fully saturated rings. The fraction of sp³-hybridized carbons (Fsp3) is 0.167. The van der Waals surface area contributed by atoms with Gasteiger partial charge in [-0.15, -0.1) is 11.3 Å². The van der Waals surface area contributed by atoms with E-state index in [0.29, 0.717) is 10.7 Å². The molecule has 0 saturated heterocycles. The highest BCUT2D eigenvalue weighted by atomic mass is 32.1. The van der Waals surface area contributed by atoms with Gasteiger partial charge in [-0.1, -0.05) is 48.5 Å². The van der Waals surface area contributed by atoms with Crippen LogP contribution in [0, 0.1) is 6.92 Å². The van der Waals surface area contributed by atoms with Gasteiger partial charge in [0.05, 0.1) is 12.1 Å². The van der Waals surface area contributed by atoms with E-state index in [-0.39, 0.29) is 30.5 Å². The number of ether oxygens (including phenoxy) is 1. The molecule has 0 saturated carbocycles.